The smallest absolute Gasteiger partial charge is 0.341 e. The van der Waals surface area contributed by atoms with Gasteiger partial charge in [0.15, 0.2) is 5.60 Å². The minimum Gasteiger partial charge on any atom is -0.497 e. The van der Waals surface area contributed by atoms with Crippen LogP contribution in [-0.4, -0.2) is 36.2 Å². The average Bonchev–Trinajstić information content (AvgIpc) is 2.84. The van der Waals surface area contributed by atoms with E-state index in [1.54, 1.807) is 7.11 Å². The van der Waals surface area contributed by atoms with E-state index >= 15 is 0 Å². The Morgan fingerprint density at radius 3 is 2.63 bits per heavy atom. The van der Waals surface area contributed by atoms with Gasteiger partial charge in [0.1, 0.15) is 12.4 Å². The molecule has 0 spiro atoms. The molecule has 4 aliphatic rings. The first-order valence-electron chi connectivity index (χ1n) is 8.99. The largest absolute Gasteiger partial charge is 0.497 e. The van der Waals surface area contributed by atoms with Crippen LogP contribution in [0.2, 0.25) is 0 Å². The third-order valence-electron chi connectivity index (χ3n) is 5.76. The van der Waals surface area contributed by atoms with Crippen LogP contribution in [0.15, 0.2) is 48.5 Å². The van der Waals surface area contributed by atoms with Gasteiger partial charge in [-0.1, -0.05) is 36.4 Å². The molecule has 0 radical (unpaired) electrons. The molecule has 6 heteroatoms. The van der Waals surface area contributed by atoms with E-state index in [0.717, 1.165) is 22.4 Å². The summed E-state index contributed by atoms with van der Waals surface area (Å²) in [5, 5.41) is 11.0. The Labute approximate surface area is 156 Å². The number of carbonyl (C=O) groups is 1. The molecule has 3 heterocycles. The van der Waals surface area contributed by atoms with Crippen LogP contribution in [0.3, 0.4) is 0 Å². The van der Waals surface area contributed by atoms with Crippen molar-refractivity contribution in [1.82, 2.24) is 0 Å². The molecule has 0 saturated carbocycles. The molecule has 0 aromatic heterocycles. The Kier molecular flexibility index (Phi) is 3.59. The fourth-order valence-corrected chi connectivity index (χ4v) is 4.56. The molecule has 4 atom stereocenters. The Morgan fingerprint density at radius 1 is 1.15 bits per heavy atom. The average molecular weight is 368 g/mol. The summed E-state index contributed by atoms with van der Waals surface area (Å²) in [7, 11) is 1.62. The second-order valence-electron chi connectivity index (χ2n) is 7.34. The van der Waals surface area contributed by atoms with E-state index in [9.17, 15) is 9.90 Å². The summed E-state index contributed by atoms with van der Waals surface area (Å²) < 4.78 is 22.7. The molecule has 2 aromatic rings. The second kappa shape index (κ2) is 5.79. The molecule has 2 aromatic carbocycles. The summed E-state index contributed by atoms with van der Waals surface area (Å²) in [5.74, 6) is -1.72. The SMILES string of the molecule is COc1ccc(COC[C@]23OC(=O)[C@@]4(O)C[C@@H](O2)c2ccccc2[C@@H]34)cc1. The van der Waals surface area contributed by atoms with E-state index in [0.29, 0.717) is 6.61 Å². The van der Waals surface area contributed by atoms with E-state index < -0.39 is 23.3 Å². The van der Waals surface area contributed by atoms with Gasteiger partial charge < -0.3 is 24.1 Å². The van der Waals surface area contributed by atoms with Crippen LogP contribution < -0.4 is 4.74 Å². The van der Waals surface area contributed by atoms with Gasteiger partial charge in [0.2, 0.25) is 5.79 Å². The van der Waals surface area contributed by atoms with Gasteiger partial charge in [0.25, 0.3) is 0 Å². The van der Waals surface area contributed by atoms with Gasteiger partial charge in [-0.25, -0.2) is 4.79 Å². The number of carbonyl (C=O) groups excluding carboxylic acids is 1. The Bertz CT molecular complexity index is 894. The van der Waals surface area contributed by atoms with Crippen molar-refractivity contribution in [3.05, 3.63) is 65.2 Å². The van der Waals surface area contributed by atoms with Crippen molar-refractivity contribution in [2.45, 2.75) is 36.4 Å². The molecule has 6 rings (SSSR count). The standard InChI is InChI=1S/C21H20O6/c1-24-14-8-6-13(7-9-14)11-25-12-21-18-16-5-3-2-4-15(16)17(26-21)10-20(18,23)19(22)27-21/h2-9,17-18,23H,10-12H2,1H3/t17-,18-,20-,21-/m1/s1. The third-order valence-corrected chi connectivity index (χ3v) is 5.76. The van der Waals surface area contributed by atoms with Crippen molar-refractivity contribution >= 4 is 5.97 Å². The highest BCUT2D eigenvalue weighted by atomic mass is 16.8. The lowest BCUT2D eigenvalue weighted by Crippen LogP contribution is -2.57. The van der Waals surface area contributed by atoms with Crippen LogP contribution in [-0.2, 0) is 25.6 Å². The number of methoxy groups -OCH3 is 1. The van der Waals surface area contributed by atoms with Gasteiger partial charge in [-0.15, -0.1) is 0 Å². The zero-order valence-corrected chi connectivity index (χ0v) is 14.9. The van der Waals surface area contributed by atoms with Crippen LogP contribution in [0.4, 0.5) is 0 Å². The van der Waals surface area contributed by atoms with Crippen LogP contribution in [0, 0.1) is 0 Å². The first-order chi connectivity index (χ1) is 13.1. The van der Waals surface area contributed by atoms with Crippen LogP contribution in [0.5, 0.6) is 5.75 Å². The molecule has 140 valence electrons. The Morgan fingerprint density at radius 2 is 1.89 bits per heavy atom. The summed E-state index contributed by atoms with van der Waals surface area (Å²) >= 11 is 0. The number of rotatable bonds is 5. The predicted octanol–water partition coefficient (Wildman–Crippen LogP) is 2.45. The van der Waals surface area contributed by atoms with Gasteiger partial charge in [-0.3, -0.25) is 0 Å². The molecule has 27 heavy (non-hydrogen) atoms. The molecule has 0 unspecified atom stereocenters. The molecular formula is C21H20O6. The topological polar surface area (TPSA) is 74.2 Å². The lowest BCUT2D eigenvalue weighted by molar-refractivity contribution is -0.288. The highest BCUT2D eigenvalue weighted by molar-refractivity contribution is 5.86. The Balaban J connectivity index is 1.40. The van der Waals surface area contributed by atoms with Gasteiger partial charge >= 0.3 is 5.97 Å². The summed E-state index contributed by atoms with van der Waals surface area (Å²) in [4.78, 5) is 12.5. The number of aliphatic hydroxyl groups is 1. The van der Waals surface area contributed by atoms with E-state index in [-0.39, 0.29) is 19.1 Å². The molecule has 2 fully saturated rings. The summed E-state index contributed by atoms with van der Waals surface area (Å²) in [6.45, 7) is 0.396. The maximum atomic E-state index is 12.5. The minimum absolute atomic E-state index is 0.0581. The lowest BCUT2D eigenvalue weighted by Gasteiger charge is -2.49. The summed E-state index contributed by atoms with van der Waals surface area (Å²) in [5.41, 5.74) is 1.33. The quantitative estimate of drug-likeness (QED) is 0.818. The van der Waals surface area contributed by atoms with Crippen molar-refractivity contribution in [2.24, 2.45) is 0 Å². The van der Waals surface area contributed by atoms with Crippen LogP contribution >= 0.6 is 0 Å². The van der Waals surface area contributed by atoms with Crippen molar-refractivity contribution in [1.29, 1.82) is 0 Å². The molecule has 2 saturated heterocycles. The third kappa shape index (κ3) is 2.34. The van der Waals surface area contributed by atoms with Gasteiger partial charge in [0, 0.05) is 6.42 Å². The molecule has 6 nitrogen and oxygen atoms in total. The van der Waals surface area contributed by atoms with E-state index in [2.05, 4.69) is 0 Å². The van der Waals surface area contributed by atoms with Crippen molar-refractivity contribution in [2.75, 3.05) is 13.7 Å². The number of ether oxygens (including phenoxy) is 4. The van der Waals surface area contributed by atoms with Crippen molar-refractivity contribution in [3.8, 4) is 5.75 Å². The van der Waals surface area contributed by atoms with Crippen LogP contribution in [0.25, 0.3) is 0 Å². The minimum atomic E-state index is -1.55. The van der Waals surface area contributed by atoms with Crippen molar-refractivity contribution in [3.63, 3.8) is 0 Å². The molecule has 1 aliphatic carbocycles. The fourth-order valence-electron chi connectivity index (χ4n) is 4.56. The summed E-state index contributed by atoms with van der Waals surface area (Å²) in [6.07, 6.45) is -0.166. The van der Waals surface area contributed by atoms with E-state index in [1.165, 1.54) is 0 Å². The van der Waals surface area contributed by atoms with E-state index in [4.69, 9.17) is 18.9 Å². The fraction of sp³-hybridized carbons (Fsp3) is 0.381. The van der Waals surface area contributed by atoms with Gasteiger partial charge in [-0.05, 0) is 28.8 Å². The normalized spacial score (nSPS) is 32.9. The molecular weight excluding hydrogens is 348 g/mol. The maximum Gasteiger partial charge on any atom is 0.341 e. The molecule has 4 bridgehead atoms. The van der Waals surface area contributed by atoms with Gasteiger partial charge in [-0.2, -0.15) is 0 Å². The number of esters is 1. The zero-order chi connectivity index (χ0) is 18.6. The number of hydrogen-bond acceptors (Lipinski definition) is 6. The highest BCUT2D eigenvalue weighted by Gasteiger charge is 2.73. The van der Waals surface area contributed by atoms with Gasteiger partial charge in [0.05, 0.1) is 25.7 Å². The zero-order valence-electron chi connectivity index (χ0n) is 14.9. The van der Waals surface area contributed by atoms with Crippen molar-refractivity contribution < 1.29 is 28.8 Å². The molecule has 0 amide bonds. The number of benzene rings is 2. The number of hydrogen-bond donors (Lipinski definition) is 1. The van der Waals surface area contributed by atoms with E-state index in [1.807, 2.05) is 48.5 Å². The Hall–Kier alpha value is -2.41. The monoisotopic (exact) mass is 368 g/mol. The molecule has 3 aliphatic heterocycles. The highest BCUT2D eigenvalue weighted by Crippen LogP contribution is 2.62. The van der Waals surface area contributed by atoms with Crippen LogP contribution in [0.1, 0.15) is 35.1 Å². The lowest BCUT2D eigenvalue weighted by atomic mass is 9.66. The second-order valence-corrected chi connectivity index (χ2v) is 7.34. The predicted molar refractivity (Wildman–Crippen MR) is 94.0 cm³/mol. The first kappa shape index (κ1) is 16.7. The summed E-state index contributed by atoms with van der Waals surface area (Å²) in [6, 6.07) is 15.3. The first-order valence-corrected chi connectivity index (χ1v) is 8.99. The maximum absolute atomic E-state index is 12.5. The molecule has 1 N–H and O–H groups in total.